The molecule has 4 heteroatoms. The molecule has 0 amide bonds. The summed E-state index contributed by atoms with van der Waals surface area (Å²) >= 11 is 0. The van der Waals surface area contributed by atoms with Crippen molar-refractivity contribution in [3.63, 3.8) is 0 Å². The molecule has 1 fully saturated rings. The van der Waals surface area contributed by atoms with Crippen LogP contribution in [0.4, 0.5) is 0 Å². The first-order valence-electron chi connectivity index (χ1n) is 6.59. The summed E-state index contributed by atoms with van der Waals surface area (Å²) in [6.45, 7) is 0.477. The number of benzene rings is 1. The fourth-order valence-electron chi connectivity index (χ4n) is 3.24. The third-order valence-electron chi connectivity index (χ3n) is 4.13. The largest absolute Gasteiger partial charge is 0.494 e. The van der Waals surface area contributed by atoms with Crippen molar-refractivity contribution in [1.82, 2.24) is 4.57 Å². The summed E-state index contributed by atoms with van der Waals surface area (Å²) in [6.07, 6.45) is 1.78. The van der Waals surface area contributed by atoms with Gasteiger partial charge in [-0.2, -0.15) is 0 Å². The Labute approximate surface area is 110 Å². The van der Waals surface area contributed by atoms with Gasteiger partial charge >= 0.3 is 0 Å². The maximum Gasteiger partial charge on any atom is 0.200 e. The van der Waals surface area contributed by atoms with Crippen LogP contribution >= 0.6 is 0 Å². The first-order chi connectivity index (χ1) is 9.25. The van der Waals surface area contributed by atoms with Gasteiger partial charge in [0.15, 0.2) is 0 Å². The number of hydrogen-bond donors (Lipinski definition) is 2. The molecule has 0 aliphatic carbocycles. The number of nitrogens with zero attached hydrogens (tertiary/aromatic N) is 1. The van der Waals surface area contributed by atoms with Crippen molar-refractivity contribution in [3.8, 4) is 11.8 Å². The highest BCUT2D eigenvalue weighted by Crippen LogP contribution is 2.57. The molecule has 2 aliphatic heterocycles. The number of fused-ring (bicyclic) bond motifs is 5. The smallest absolute Gasteiger partial charge is 0.200 e. The van der Waals surface area contributed by atoms with Gasteiger partial charge in [0, 0.05) is 0 Å². The fourth-order valence-corrected chi connectivity index (χ4v) is 3.24. The maximum atomic E-state index is 10.3. The molecule has 4 rings (SSSR count). The summed E-state index contributed by atoms with van der Waals surface area (Å²) in [5.41, 5.74) is 2.64. The van der Waals surface area contributed by atoms with Gasteiger partial charge in [-0.15, -0.1) is 0 Å². The van der Waals surface area contributed by atoms with Crippen LogP contribution in [-0.4, -0.2) is 14.8 Å². The Hall–Kier alpha value is -1.94. The summed E-state index contributed by atoms with van der Waals surface area (Å²) in [5.74, 6) is 0.312. The Balaban J connectivity index is 1.79. The molecule has 1 saturated heterocycles. The van der Waals surface area contributed by atoms with Crippen molar-refractivity contribution in [1.29, 1.82) is 0 Å². The van der Waals surface area contributed by atoms with E-state index in [-0.39, 0.29) is 24.0 Å². The lowest BCUT2D eigenvalue weighted by molar-refractivity contribution is 0.0679. The van der Waals surface area contributed by atoms with E-state index in [4.69, 9.17) is 4.74 Å². The zero-order valence-electron chi connectivity index (χ0n) is 10.4. The quantitative estimate of drug-likeness (QED) is 0.869. The highest BCUT2D eigenvalue weighted by Gasteiger charge is 2.45. The average Bonchev–Trinajstić information content (AvgIpc) is 3.10. The summed E-state index contributed by atoms with van der Waals surface area (Å²) in [6, 6.07) is 9.82. The van der Waals surface area contributed by atoms with E-state index in [1.807, 2.05) is 30.3 Å². The number of hydrogen-bond acceptors (Lipinski definition) is 3. The number of aromatic hydroxyl groups is 2. The number of rotatable bonds is 2. The minimum absolute atomic E-state index is 0.0390. The second kappa shape index (κ2) is 3.78. The van der Waals surface area contributed by atoms with Crippen LogP contribution in [0.25, 0.3) is 0 Å². The van der Waals surface area contributed by atoms with Gasteiger partial charge in [-0.25, -0.2) is 0 Å². The number of aromatic nitrogens is 1. The SMILES string of the molecule is Oc1c2c(c(O)n1Cc1ccccc1)[C@H]1CC[C@@H]2O1. The minimum Gasteiger partial charge on any atom is -0.494 e. The molecule has 19 heavy (non-hydrogen) atoms. The van der Waals surface area contributed by atoms with Gasteiger partial charge in [-0.1, -0.05) is 30.3 Å². The lowest BCUT2D eigenvalue weighted by atomic mass is 9.95. The van der Waals surface area contributed by atoms with Crippen LogP contribution in [0, 0.1) is 0 Å². The lowest BCUT2D eigenvalue weighted by Gasteiger charge is -2.10. The van der Waals surface area contributed by atoms with Crippen LogP contribution in [0.3, 0.4) is 0 Å². The zero-order valence-corrected chi connectivity index (χ0v) is 10.4. The molecular weight excluding hydrogens is 242 g/mol. The molecule has 98 valence electrons. The predicted molar refractivity (Wildman–Crippen MR) is 69.1 cm³/mol. The molecule has 2 aromatic rings. The summed E-state index contributed by atoms with van der Waals surface area (Å²) in [5, 5.41) is 20.7. The van der Waals surface area contributed by atoms with Gasteiger partial charge in [0.25, 0.3) is 0 Å². The van der Waals surface area contributed by atoms with Crippen LogP contribution in [-0.2, 0) is 11.3 Å². The van der Waals surface area contributed by atoms with E-state index in [0.717, 1.165) is 29.5 Å². The van der Waals surface area contributed by atoms with Crippen molar-refractivity contribution in [2.75, 3.05) is 0 Å². The molecule has 0 radical (unpaired) electrons. The Morgan fingerprint density at radius 2 is 1.58 bits per heavy atom. The highest BCUT2D eigenvalue weighted by atomic mass is 16.5. The molecule has 2 aliphatic rings. The van der Waals surface area contributed by atoms with Gasteiger partial charge in [0.2, 0.25) is 11.8 Å². The van der Waals surface area contributed by atoms with Crippen LogP contribution in [0.5, 0.6) is 11.8 Å². The predicted octanol–water partition coefficient (Wildman–Crippen LogP) is 2.85. The van der Waals surface area contributed by atoms with E-state index in [9.17, 15) is 10.2 Å². The second-order valence-electron chi connectivity index (χ2n) is 5.24. The molecule has 2 bridgehead atoms. The molecule has 0 unspecified atom stereocenters. The normalized spacial score (nSPS) is 23.8. The van der Waals surface area contributed by atoms with E-state index in [1.54, 1.807) is 4.57 Å². The Bertz CT molecular complexity index is 599. The molecule has 0 spiro atoms. The van der Waals surface area contributed by atoms with Crippen LogP contribution in [0.15, 0.2) is 30.3 Å². The molecule has 2 atom stereocenters. The first kappa shape index (κ1) is 10.9. The standard InChI is InChI=1S/C15H15NO3/c17-14-12-10-6-7-11(19-10)13(12)15(18)16(14)8-9-4-2-1-3-5-9/h1-5,10-11,17-18H,6-8H2/t10-,11+. The van der Waals surface area contributed by atoms with Crippen LogP contribution < -0.4 is 0 Å². The first-order valence-corrected chi connectivity index (χ1v) is 6.59. The van der Waals surface area contributed by atoms with Gasteiger partial charge in [0.05, 0.1) is 29.9 Å². The molecule has 1 aromatic carbocycles. The Morgan fingerprint density at radius 1 is 1.00 bits per heavy atom. The van der Waals surface area contributed by atoms with E-state index in [0.29, 0.717) is 6.54 Å². The van der Waals surface area contributed by atoms with Crippen LogP contribution in [0.1, 0.15) is 41.7 Å². The van der Waals surface area contributed by atoms with Crippen molar-refractivity contribution in [3.05, 3.63) is 47.0 Å². The van der Waals surface area contributed by atoms with Crippen molar-refractivity contribution >= 4 is 0 Å². The molecule has 2 N–H and O–H groups in total. The van der Waals surface area contributed by atoms with Gasteiger partial charge in [-0.05, 0) is 18.4 Å². The van der Waals surface area contributed by atoms with Gasteiger partial charge in [0.1, 0.15) is 0 Å². The second-order valence-corrected chi connectivity index (χ2v) is 5.24. The summed E-state index contributed by atoms with van der Waals surface area (Å²) < 4.78 is 7.29. The molecule has 1 aromatic heterocycles. The molecule has 0 saturated carbocycles. The van der Waals surface area contributed by atoms with Crippen molar-refractivity contribution in [2.24, 2.45) is 0 Å². The van der Waals surface area contributed by atoms with Gasteiger partial charge in [-0.3, -0.25) is 4.57 Å². The molecule has 3 heterocycles. The minimum atomic E-state index is -0.0390. The maximum absolute atomic E-state index is 10.3. The fraction of sp³-hybridized carbons (Fsp3) is 0.333. The van der Waals surface area contributed by atoms with E-state index in [1.165, 1.54) is 0 Å². The van der Waals surface area contributed by atoms with E-state index >= 15 is 0 Å². The number of ether oxygens (including phenoxy) is 1. The average molecular weight is 257 g/mol. The van der Waals surface area contributed by atoms with Gasteiger partial charge < -0.3 is 14.9 Å². The zero-order chi connectivity index (χ0) is 13.0. The third-order valence-corrected chi connectivity index (χ3v) is 4.13. The monoisotopic (exact) mass is 257 g/mol. The molecular formula is C15H15NO3. The lowest BCUT2D eigenvalue weighted by Crippen LogP contribution is -2.00. The topological polar surface area (TPSA) is 54.6 Å². The highest BCUT2D eigenvalue weighted by molar-refractivity contribution is 5.52. The third kappa shape index (κ3) is 1.43. The van der Waals surface area contributed by atoms with E-state index in [2.05, 4.69) is 0 Å². The van der Waals surface area contributed by atoms with Crippen LogP contribution in [0.2, 0.25) is 0 Å². The molecule has 4 nitrogen and oxygen atoms in total. The van der Waals surface area contributed by atoms with E-state index < -0.39 is 0 Å². The van der Waals surface area contributed by atoms with Crippen molar-refractivity contribution < 1.29 is 14.9 Å². The summed E-state index contributed by atoms with van der Waals surface area (Å²) in [7, 11) is 0. The summed E-state index contributed by atoms with van der Waals surface area (Å²) in [4.78, 5) is 0. The van der Waals surface area contributed by atoms with Crippen molar-refractivity contribution in [2.45, 2.75) is 31.6 Å². The Morgan fingerprint density at radius 3 is 2.16 bits per heavy atom. The Kier molecular flexibility index (Phi) is 2.17.